The minimum Gasteiger partial charge on any atom is -0.548 e. The Morgan fingerprint density at radius 2 is 1.87 bits per heavy atom. The van der Waals surface area contributed by atoms with Gasteiger partial charge in [0.05, 0.1) is 12.0 Å². The number of benzene rings is 2. The maximum atomic E-state index is 12.3. The molecule has 1 aromatic heterocycles. The molecule has 0 bridgehead atoms. The van der Waals surface area contributed by atoms with Crippen LogP contribution in [0.15, 0.2) is 63.8 Å². The van der Waals surface area contributed by atoms with Gasteiger partial charge >= 0.3 is 5.63 Å². The van der Waals surface area contributed by atoms with Crippen molar-refractivity contribution in [2.24, 2.45) is 0 Å². The summed E-state index contributed by atoms with van der Waals surface area (Å²) in [6.07, 6.45) is -0.101. The molecule has 3 aromatic rings. The first-order chi connectivity index (χ1) is 14.4. The van der Waals surface area contributed by atoms with Crippen molar-refractivity contribution >= 4 is 22.8 Å². The van der Waals surface area contributed by atoms with Crippen molar-refractivity contribution in [3.63, 3.8) is 0 Å². The Kier molecular flexibility index (Phi) is 6.51. The molecule has 1 heterocycles. The molecule has 0 spiro atoms. The lowest BCUT2D eigenvalue weighted by molar-refractivity contribution is -0.308. The molecule has 2 aromatic carbocycles. The van der Waals surface area contributed by atoms with Crippen molar-refractivity contribution in [3.05, 3.63) is 65.0 Å². The number of fused-ring (bicyclic) bond motifs is 1. The molecule has 156 valence electrons. The number of ether oxygens (including phenoxy) is 1. The molecule has 0 saturated heterocycles. The van der Waals surface area contributed by atoms with Crippen LogP contribution in [0.5, 0.6) is 5.75 Å². The van der Waals surface area contributed by atoms with Gasteiger partial charge in [-0.25, -0.2) is 4.79 Å². The summed E-state index contributed by atoms with van der Waals surface area (Å²) in [5.41, 5.74) is 1.43. The van der Waals surface area contributed by atoms with E-state index in [9.17, 15) is 19.5 Å². The quantitative estimate of drug-likeness (QED) is 0.573. The number of hydrogen-bond acceptors (Lipinski definition) is 6. The lowest BCUT2D eigenvalue weighted by atomic mass is 10.0. The largest absolute Gasteiger partial charge is 0.548 e. The molecule has 1 amide bonds. The molecule has 3 rings (SSSR count). The lowest BCUT2D eigenvalue weighted by Crippen LogP contribution is -2.51. The van der Waals surface area contributed by atoms with Crippen LogP contribution in [-0.2, 0) is 9.59 Å². The van der Waals surface area contributed by atoms with Crippen LogP contribution in [-0.4, -0.2) is 24.0 Å². The second kappa shape index (κ2) is 9.26. The summed E-state index contributed by atoms with van der Waals surface area (Å²) >= 11 is 0. The van der Waals surface area contributed by atoms with Crippen molar-refractivity contribution in [2.45, 2.75) is 38.8 Å². The standard InChI is InChI=1S/C23H23NO6/c1-3-7-19(23(27)28)24-22(26)14(2)29-16-10-11-17-18(15-8-5-4-6-9-15)13-21(25)30-20(17)12-16/h4-6,8-14,19H,3,7H2,1-2H3,(H,24,26)(H,27,28)/p-1/t14-,19-/m0/s1. The number of rotatable bonds is 8. The average Bonchev–Trinajstić information content (AvgIpc) is 2.73. The van der Waals surface area contributed by atoms with Gasteiger partial charge in [-0.05, 0) is 36.6 Å². The normalized spacial score (nSPS) is 12.9. The molecule has 0 fully saturated rings. The van der Waals surface area contributed by atoms with Gasteiger partial charge in [0.25, 0.3) is 5.91 Å². The van der Waals surface area contributed by atoms with Crippen LogP contribution in [0.25, 0.3) is 22.1 Å². The van der Waals surface area contributed by atoms with Gasteiger partial charge in [-0.3, -0.25) is 4.79 Å². The van der Waals surface area contributed by atoms with Crippen LogP contribution in [0.1, 0.15) is 26.7 Å². The number of carbonyl (C=O) groups is 2. The Morgan fingerprint density at radius 1 is 1.13 bits per heavy atom. The molecular formula is C23H22NO6-. The lowest BCUT2D eigenvalue weighted by Gasteiger charge is -2.22. The zero-order valence-electron chi connectivity index (χ0n) is 16.7. The first-order valence-electron chi connectivity index (χ1n) is 9.70. The highest BCUT2D eigenvalue weighted by atomic mass is 16.5. The Balaban J connectivity index is 1.83. The summed E-state index contributed by atoms with van der Waals surface area (Å²) in [5.74, 6) is -1.59. The average molecular weight is 408 g/mol. The van der Waals surface area contributed by atoms with Crippen LogP contribution in [0.2, 0.25) is 0 Å². The maximum absolute atomic E-state index is 12.3. The molecule has 0 unspecified atom stereocenters. The van der Waals surface area contributed by atoms with Crippen LogP contribution >= 0.6 is 0 Å². The van der Waals surface area contributed by atoms with Gasteiger partial charge in [0.15, 0.2) is 6.10 Å². The summed E-state index contributed by atoms with van der Waals surface area (Å²) in [6, 6.07) is 14.8. The third kappa shape index (κ3) is 4.86. The number of nitrogens with one attached hydrogen (secondary N) is 1. The Morgan fingerprint density at radius 3 is 2.53 bits per heavy atom. The molecule has 7 nitrogen and oxygen atoms in total. The van der Waals surface area contributed by atoms with E-state index in [1.807, 2.05) is 37.3 Å². The third-order valence-electron chi connectivity index (χ3n) is 4.66. The minimum atomic E-state index is -1.33. The fourth-order valence-electron chi connectivity index (χ4n) is 3.16. The van der Waals surface area contributed by atoms with Gasteiger partial charge in [0, 0.05) is 17.5 Å². The summed E-state index contributed by atoms with van der Waals surface area (Å²) in [7, 11) is 0. The molecule has 0 radical (unpaired) electrons. The second-order valence-corrected chi connectivity index (χ2v) is 6.93. The Labute approximate surface area is 173 Å². The number of carboxylic acid groups (broad SMARTS) is 1. The van der Waals surface area contributed by atoms with E-state index in [0.29, 0.717) is 17.8 Å². The summed E-state index contributed by atoms with van der Waals surface area (Å²) < 4.78 is 11.0. The van der Waals surface area contributed by atoms with Crippen LogP contribution in [0.3, 0.4) is 0 Å². The highest BCUT2D eigenvalue weighted by Crippen LogP contribution is 2.29. The van der Waals surface area contributed by atoms with Crippen LogP contribution < -0.4 is 20.8 Å². The third-order valence-corrected chi connectivity index (χ3v) is 4.66. The Hall–Kier alpha value is -3.61. The number of hydrogen-bond donors (Lipinski definition) is 1. The molecule has 0 aliphatic carbocycles. The van der Waals surface area contributed by atoms with E-state index in [1.165, 1.54) is 19.1 Å². The number of amides is 1. The van der Waals surface area contributed by atoms with E-state index >= 15 is 0 Å². The fourth-order valence-corrected chi connectivity index (χ4v) is 3.16. The van der Waals surface area contributed by atoms with Crippen LogP contribution in [0.4, 0.5) is 0 Å². The monoisotopic (exact) mass is 408 g/mol. The topological polar surface area (TPSA) is 109 Å². The van der Waals surface area contributed by atoms with E-state index in [2.05, 4.69) is 5.32 Å². The summed E-state index contributed by atoms with van der Waals surface area (Å²) in [5, 5.41) is 14.3. The van der Waals surface area contributed by atoms with Crippen molar-refractivity contribution in [2.75, 3.05) is 0 Å². The summed E-state index contributed by atoms with van der Waals surface area (Å²) in [6.45, 7) is 3.32. The van der Waals surface area contributed by atoms with E-state index in [4.69, 9.17) is 9.15 Å². The molecule has 30 heavy (non-hydrogen) atoms. The Bertz CT molecular complexity index is 1110. The summed E-state index contributed by atoms with van der Waals surface area (Å²) in [4.78, 5) is 35.5. The molecule has 0 aliphatic rings. The van der Waals surface area contributed by atoms with Gasteiger partial charge in [-0.1, -0.05) is 43.7 Å². The first kappa shape index (κ1) is 21.1. The van der Waals surface area contributed by atoms with Crippen molar-refractivity contribution in [1.29, 1.82) is 0 Å². The van der Waals surface area contributed by atoms with E-state index in [-0.39, 0.29) is 6.42 Å². The van der Waals surface area contributed by atoms with Gasteiger partial charge in [-0.2, -0.15) is 0 Å². The zero-order chi connectivity index (χ0) is 21.7. The van der Waals surface area contributed by atoms with Gasteiger partial charge in [-0.15, -0.1) is 0 Å². The van der Waals surface area contributed by atoms with Crippen molar-refractivity contribution in [3.8, 4) is 16.9 Å². The minimum absolute atomic E-state index is 0.268. The van der Waals surface area contributed by atoms with E-state index < -0.39 is 29.6 Å². The van der Waals surface area contributed by atoms with Crippen molar-refractivity contribution < 1.29 is 23.8 Å². The highest BCUT2D eigenvalue weighted by molar-refractivity contribution is 5.93. The zero-order valence-corrected chi connectivity index (χ0v) is 16.7. The number of aliphatic carboxylic acids is 1. The molecule has 1 N–H and O–H groups in total. The SMILES string of the molecule is CCC[C@H](NC(=O)[C@H](C)Oc1ccc2c(-c3ccccc3)cc(=O)oc2c1)C(=O)[O-]. The first-order valence-corrected chi connectivity index (χ1v) is 9.70. The number of carboxylic acids is 1. The molecule has 0 saturated carbocycles. The molecule has 7 heteroatoms. The molecule has 0 aliphatic heterocycles. The highest BCUT2D eigenvalue weighted by Gasteiger charge is 2.20. The molecule has 2 atom stereocenters. The van der Waals surface area contributed by atoms with E-state index in [1.54, 1.807) is 12.1 Å². The molecular weight excluding hydrogens is 386 g/mol. The van der Waals surface area contributed by atoms with Gasteiger partial charge in [0.1, 0.15) is 11.3 Å². The van der Waals surface area contributed by atoms with Crippen molar-refractivity contribution in [1.82, 2.24) is 5.32 Å². The maximum Gasteiger partial charge on any atom is 0.336 e. The predicted octanol–water partition coefficient (Wildman–Crippen LogP) is 2.26. The smallest absolute Gasteiger partial charge is 0.336 e. The fraction of sp³-hybridized carbons (Fsp3) is 0.261. The van der Waals surface area contributed by atoms with Gasteiger partial charge < -0.3 is 24.4 Å². The predicted molar refractivity (Wildman–Crippen MR) is 110 cm³/mol. The van der Waals surface area contributed by atoms with Gasteiger partial charge in [0.2, 0.25) is 0 Å². The number of carbonyl (C=O) groups excluding carboxylic acids is 2. The van der Waals surface area contributed by atoms with E-state index in [0.717, 1.165) is 16.5 Å². The van der Waals surface area contributed by atoms with Crippen LogP contribution in [0, 0.1) is 0 Å². The second-order valence-electron chi connectivity index (χ2n) is 6.93.